The van der Waals surface area contributed by atoms with E-state index >= 15 is 0 Å². The lowest BCUT2D eigenvalue weighted by Crippen LogP contribution is -2.33. The van der Waals surface area contributed by atoms with E-state index in [1.807, 2.05) is 4.90 Å². The van der Waals surface area contributed by atoms with Crippen LogP contribution in [0.3, 0.4) is 0 Å². The van der Waals surface area contributed by atoms with E-state index in [-0.39, 0.29) is 5.91 Å². The Balaban J connectivity index is 1.50. The van der Waals surface area contributed by atoms with Gasteiger partial charge in [0.15, 0.2) is 4.34 Å². The molecule has 1 N–H and O–H groups in total. The minimum atomic E-state index is 0.214. The molecule has 1 fully saturated rings. The van der Waals surface area contributed by atoms with E-state index in [9.17, 15) is 4.79 Å². The monoisotopic (exact) mass is 390 g/mol. The van der Waals surface area contributed by atoms with E-state index in [0.29, 0.717) is 11.7 Å². The molecule has 0 atom stereocenters. The maximum atomic E-state index is 12.4. The average molecular weight is 391 g/mol. The molecule has 0 radical (unpaired) electrons. The summed E-state index contributed by atoms with van der Waals surface area (Å²) in [7, 11) is 0. The Morgan fingerprint density at radius 3 is 2.50 bits per heavy atom. The van der Waals surface area contributed by atoms with Crippen LogP contribution in [0.2, 0.25) is 0 Å². The van der Waals surface area contributed by atoms with Gasteiger partial charge in [-0.15, -0.1) is 10.2 Å². The molecule has 1 aliphatic rings. The number of nitrogens with one attached hydrogen (secondary N) is 1. The molecule has 2 aromatic rings. The number of hydrogen-bond acceptors (Lipinski definition) is 6. The highest BCUT2D eigenvalue weighted by molar-refractivity contribution is 8.01. The molecule has 3 rings (SSSR count). The first-order chi connectivity index (χ1) is 12.6. The summed E-state index contributed by atoms with van der Waals surface area (Å²) in [6.45, 7) is 6.16. The Hall–Kier alpha value is -1.60. The van der Waals surface area contributed by atoms with Crippen LogP contribution < -0.4 is 5.32 Å². The fraction of sp³-hybridized carbons (Fsp3) is 0.526. The summed E-state index contributed by atoms with van der Waals surface area (Å²) >= 11 is 2.97. The lowest BCUT2D eigenvalue weighted by molar-refractivity contribution is -0.128. The van der Waals surface area contributed by atoms with Crippen LogP contribution >= 0.6 is 23.1 Å². The number of carbonyl (C=O) groups is 1. The predicted octanol–water partition coefficient (Wildman–Crippen LogP) is 4.90. The molecule has 1 aromatic carbocycles. The van der Waals surface area contributed by atoms with Gasteiger partial charge in [-0.3, -0.25) is 4.79 Å². The minimum absolute atomic E-state index is 0.214. The average Bonchev–Trinajstić information content (AvgIpc) is 2.91. The molecule has 0 unspecified atom stereocenters. The second-order valence-electron chi connectivity index (χ2n) is 6.86. The van der Waals surface area contributed by atoms with Gasteiger partial charge in [-0.2, -0.15) is 0 Å². The maximum Gasteiger partial charge on any atom is 0.233 e. The number of amides is 1. The Kier molecular flexibility index (Phi) is 6.91. The van der Waals surface area contributed by atoms with Gasteiger partial charge in [0.05, 0.1) is 5.75 Å². The van der Waals surface area contributed by atoms with Crippen molar-refractivity contribution in [2.75, 3.05) is 24.2 Å². The van der Waals surface area contributed by atoms with Gasteiger partial charge in [0.1, 0.15) is 0 Å². The number of carbonyl (C=O) groups excluding carboxylic acids is 1. The molecule has 26 heavy (non-hydrogen) atoms. The van der Waals surface area contributed by atoms with Crippen molar-refractivity contribution in [3.05, 3.63) is 29.8 Å². The van der Waals surface area contributed by atoms with Crippen molar-refractivity contribution in [3.63, 3.8) is 0 Å². The van der Waals surface area contributed by atoms with Crippen molar-refractivity contribution < 1.29 is 4.79 Å². The maximum absolute atomic E-state index is 12.4. The summed E-state index contributed by atoms with van der Waals surface area (Å²) in [5, 5.41) is 12.4. The third-order valence-electron chi connectivity index (χ3n) is 4.51. The molecule has 1 saturated heterocycles. The zero-order chi connectivity index (χ0) is 18.4. The highest BCUT2D eigenvalue weighted by atomic mass is 32.2. The van der Waals surface area contributed by atoms with Crippen LogP contribution in [0.1, 0.15) is 51.0 Å². The zero-order valence-electron chi connectivity index (χ0n) is 15.4. The third-order valence-corrected chi connectivity index (χ3v) is 6.47. The molecule has 5 nitrogen and oxygen atoms in total. The lowest BCUT2D eigenvalue weighted by atomic mass is 10.0. The summed E-state index contributed by atoms with van der Waals surface area (Å²) in [4.78, 5) is 14.4. The molecule has 1 aliphatic heterocycles. The number of aromatic nitrogens is 2. The molecule has 1 aromatic heterocycles. The highest BCUT2D eigenvalue weighted by Gasteiger charge is 2.16. The summed E-state index contributed by atoms with van der Waals surface area (Å²) in [5.41, 5.74) is 2.32. The van der Waals surface area contributed by atoms with E-state index in [0.717, 1.165) is 41.1 Å². The highest BCUT2D eigenvalue weighted by Crippen LogP contribution is 2.28. The van der Waals surface area contributed by atoms with Crippen molar-refractivity contribution >= 4 is 39.8 Å². The van der Waals surface area contributed by atoms with Crippen LogP contribution in [0.15, 0.2) is 28.6 Å². The topological polar surface area (TPSA) is 58.1 Å². The van der Waals surface area contributed by atoms with Crippen molar-refractivity contribution in [2.24, 2.45) is 0 Å². The SMILES string of the molecule is CC(C)c1ccc(Nc2nnc(SCC(=O)N3CCCCCC3)s2)cc1. The van der Waals surface area contributed by atoms with Gasteiger partial charge in [-0.05, 0) is 36.5 Å². The first kappa shape index (κ1) is 19.2. The number of anilines is 2. The molecule has 1 amide bonds. The van der Waals surface area contributed by atoms with E-state index < -0.39 is 0 Å². The number of benzene rings is 1. The third kappa shape index (κ3) is 5.45. The van der Waals surface area contributed by atoms with Crippen molar-refractivity contribution in [3.8, 4) is 0 Å². The van der Waals surface area contributed by atoms with Crippen molar-refractivity contribution in [1.29, 1.82) is 0 Å². The Morgan fingerprint density at radius 2 is 1.85 bits per heavy atom. The fourth-order valence-corrected chi connectivity index (χ4v) is 4.60. The standard InChI is InChI=1S/C19H26N4OS2/c1-14(2)15-7-9-16(10-8-15)20-18-21-22-19(26-18)25-13-17(24)23-11-5-3-4-6-12-23/h7-10,14H,3-6,11-13H2,1-2H3,(H,20,21). The number of nitrogens with zero attached hydrogens (tertiary/aromatic N) is 3. The lowest BCUT2D eigenvalue weighted by Gasteiger charge is -2.19. The largest absolute Gasteiger partial charge is 0.342 e. The van der Waals surface area contributed by atoms with Crippen LogP contribution in [0.4, 0.5) is 10.8 Å². The Morgan fingerprint density at radius 1 is 1.15 bits per heavy atom. The molecular weight excluding hydrogens is 364 g/mol. The van der Waals surface area contributed by atoms with Gasteiger partial charge in [0.2, 0.25) is 11.0 Å². The molecule has 140 valence electrons. The van der Waals surface area contributed by atoms with Gasteiger partial charge in [-0.1, -0.05) is 61.9 Å². The smallest absolute Gasteiger partial charge is 0.233 e. The minimum Gasteiger partial charge on any atom is -0.342 e. The van der Waals surface area contributed by atoms with Gasteiger partial charge in [0.25, 0.3) is 0 Å². The van der Waals surface area contributed by atoms with Gasteiger partial charge in [0, 0.05) is 18.8 Å². The molecule has 7 heteroatoms. The number of rotatable bonds is 6. The molecule has 0 spiro atoms. The van der Waals surface area contributed by atoms with E-state index in [2.05, 4.69) is 53.6 Å². The first-order valence-electron chi connectivity index (χ1n) is 9.23. The second kappa shape index (κ2) is 9.37. The molecule has 0 saturated carbocycles. The van der Waals surface area contributed by atoms with Crippen molar-refractivity contribution in [2.45, 2.75) is 49.8 Å². The summed E-state index contributed by atoms with van der Waals surface area (Å²) in [5.74, 6) is 1.18. The van der Waals surface area contributed by atoms with Crippen LogP contribution in [-0.4, -0.2) is 39.8 Å². The van der Waals surface area contributed by atoms with Crippen molar-refractivity contribution in [1.82, 2.24) is 15.1 Å². The number of thioether (sulfide) groups is 1. The van der Waals surface area contributed by atoms with Crippen LogP contribution in [0.25, 0.3) is 0 Å². The van der Waals surface area contributed by atoms with E-state index in [4.69, 9.17) is 0 Å². The molecule has 2 heterocycles. The summed E-state index contributed by atoms with van der Waals surface area (Å²) in [6, 6.07) is 8.38. The van der Waals surface area contributed by atoms with Gasteiger partial charge >= 0.3 is 0 Å². The van der Waals surface area contributed by atoms with Gasteiger partial charge in [-0.25, -0.2) is 0 Å². The number of hydrogen-bond donors (Lipinski definition) is 1. The Labute approximate surface area is 163 Å². The fourth-order valence-electron chi connectivity index (χ4n) is 2.93. The molecular formula is C19H26N4OS2. The summed E-state index contributed by atoms with van der Waals surface area (Å²) < 4.78 is 0.828. The van der Waals surface area contributed by atoms with E-state index in [1.165, 1.54) is 41.5 Å². The molecule has 0 bridgehead atoms. The number of likely N-dealkylation sites (tertiary alicyclic amines) is 1. The predicted molar refractivity (Wildman–Crippen MR) is 109 cm³/mol. The zero-order valence-corrected chi connectivity index (χ0v) is 17.0. The molecule has 0 aliphatic carbocycles. The quantitative estimate of drug-likeness (QED) is 0.711. The first-order valence-corrected chi connectivity index (χ1v) is 11.0. The van der Waals surface area contributed by atoms with Crippen LogP contribution in [0, 0.1) is 0 Å². The normalized spacial score (nSPS) is 15.1. The van der Waals surface area contributed by atoms with Gasteiger partial charge < -0.3 is 10.2 Å². The van der Waals surface area contributed by atoms with Crippen LogP contribution in [0.5, 0.6) is 0 Å². The summed E-state index contributed by atoms with van der Waals surface area (Å²) in [6.07, 6.45) is 4.72. The van der Waals surface area contributed by atoms with Crippen LogP contribution in [-0.2, 0) is 4.79 Å². The van der Waals surface area contributed by atoms with E-state index in [1.54, 1.807) is 0 Å². The Bertz CT molecular complexity index is 707. The second-order valence-corrected chi connectivity index (χ2v) is 9.06.